The lowest BCUT2D eigenvalue weighted by atomic mass is 10.1. The predicted octanol–water partition coefficient (Wildman–Crippen LogP) is 3.01. The van der Waals surface area contributed by atoms with Crippen LogP contribution in [0.5, 0.6) is 0 Å². The van der Waals surface area contributed by atoms with Gasteiger partial charge in [-0.15, -0.1) is 0 Å². The molecule has 1 unspecified atom stereocenters. The second-order valence-corrected chi connectivity index (χ2v) is 7.02. The summed E-state index contributed by atoms with van der Waals surface area (Å²) in [5, 5.41) is 3.69. The Balaban J connectivity index is 1.76. The standard InChI is InChI=1S/C20H27N3O2/c1-4-22-11-7-8-15(22)12-21-20(25)19(24)17-13-23(14(2)3)18-10-6-5-9-16(17)18/h5-6,9-10,13-15H,4,7-8,11-12H2,1-3H3,(H,21,25). The van der Waals surface area contributed by atoms with Gasteiger partial charge in [-0.2, -0.15) is 0 Å². The first-order valence-electron chi connectivity index (χ1n) is 9.19. The van der Waals surface area contributed by atoms with Crippen molar-refractivity contribution in [2.45, 2.75) is 45.7 Å². The minimum absolute atomic E-state index is 0.228. The van der Waals surface area contributed by atoms with E-state index in [0.29, 0.717) is 18.2 Å². The number of fused-ring (bicyclic) bond motifs is 1. The Morgan fingerprint density at radius 1 is 1.28 bits per heavy atom. The van der Waals surface area contributed by atoms with E-state index in [1.54, 1.807) is 0 Å². The fourth-order valence-corrected chi connectivity index (χ4v) is 3.77. The van der Waals surface area contributed by atoms with Crippen LogP contribution in [0.4, 0.5) is 0 Å². The fourth-order valence-electron chi connectivity index (χ4n) is 3.77. The number of ketones is 1. The average molecular weight is 341 g/mol. The lowest BCUT2D eigenvalue weighted by Gasteiger charge is -2.22. The number of para-hydroxylation sites is 1. The number of amides is 1. The van der Waals surface area contributed by atoms with Gasteiger partial charge in [0.1, 0.15) is 0 Å². The summed E-state index contributed by atoms with van der Waals surface area (Å²) in [6.45, 7) is 8.87. The van der Waals surface area contributed by atoms with Gasteiger partial charge in [-0.3, -0.25) is 14.5 Å². The molecule has 1 aromatic heterocycles. The molecule has 0 saturated carbocycles. The molecular formula is C20H27N3O2. The van der Waals surface area contributed by atoms with Crippen molar-refractivity contribution < 1.29 is 9.59 Å². The van der Waals surface area contributed by atoms with Gasteiger partial charge in [-0.1, -0.05) is 25.1 Å². The van der Waals surface area contributed by atoms with Gasteiger partial charge >= 0.3 is 0 Å². The van der Waals surface area contributed by atoms with Crippen molar-refractivity contribution in [2.24, 2.45) is 0 Å². The van der Waals surface area contributed by atoms with Crippen LogP contribution in [0, 0.1) is 0 Å². The fraction of sp³-hybridized carbons (Fsp3) is 0.500. The number of aromatic nitrogens is 1. The van der Waals surface area contributed by atoms with E-state index in [2.05, 4.69) is 31.0 Å². The SMILES string of the molecule is CCN1CCCC1CNC(=O)C(=O)c1cn(C(C)C)c2ccccc12. The third-order valence-electron chi connectivity index (χ3n) is 5.15. The number of benzene rings is 1. The van der Waals surface area contributed by atoms with E-state index in [4.69, 9.17) is 0 Å². The molecule has 0 radical (unpaired) electrons. The molecule has 3 rings (SSSR count). The molecule has 0 bridgehead atoms. The Morgan fingerprint density at radius 2 is 2.04 bits per heavy atom. The van der Waals surface area contributed by atoms with Crippen molar-refractivity contribution in [2.75, 3.05) is 19.6 Å². The van der Waals surface area contributed by atoms with Crippen LogP contribution in [0.2, 0.25) is 0 Å². The van der Waals surface area contributed by atoms with Crippen molar-refractivity contribution in [1.29, 1.82) is 0 Å². The highest BCUT2D eigenvalue weighted by molar-refractivity contribution is 6.45. The molecule has 134 valence electrons. The molecular weight excluding hydrogens is 314 g/mol. The maximum atomic E-state index is 12.7. The summed E-state index contributed by atoms with van der Waals surface area (Å²) in [6.07, 6.45) is 4.05. The quantitative estimate of drug-likeness (QED) is 0.649. The molecule has 2 aromatic rings. The molecule has 1 saturated heterocycles. The van der Waals surface area contributed by atoms with Gasteiger partial charge in [0.05, 0.1) is 5.56 Å². The number of nitrogens with one attached hydrogen (secondary N) is 1. The Bertz CT molecular complexity index is 778. The van der Waals surface area contributed by atoms with Crippen molar-refractivity contribution in [1.82, 2.24) is 14.8 Å². The van der Waals surface area contributed by atoms with Gasteiger partial charge in [0.25, 0.3) is 11.7 Å². The van der Waals surface area contributed by atoms with Gasteiger partial charge in [0.15, 0.2) is 0 Å². The van der Waals surface area contributed by atoms with Crippen LogP contribution in [-0.4, -0.2) is 46.8 Å². The minimum atomic E-state index is -0.505. The summed E-state index contributed by atoms with van der Waals surface area (Å²) in [5.41, 5.74) is 1.47. The maximum Gasteiger partial charge on any atom is 0.292 e. The van der Waals surface area contributed by atoms with Gasteiger partial charge in [-0.05, 0) is 45.8 Å². The summed E-state index contributed by atoms with van der Waals surface area (Å²) in [7, 11) is 0. The van der Waals surface area contributed by atoms with Gasteiger partial charge in [-0.25, -0.2) is 0 Å². The summed E-state index contributed by atoms with van der Waals surface area (Å²) < 4.78 is 2.05. The van der Waals surface area contributed by atoms with Gasteiger partial charge in [0.2, 0.25) is 0 Å². The van der Waals surface area contributed by atoms with E-state index in [-0.39, 0.29) is 6.04 Å². The van der Waals surface area contributed by atoms with Crippen molar-refractivity contribution in [3.8, 4) is 0 Å². The minimum Gasteiger partial charge on any atom is -0.348 e. The molecule has 2 heterocycles. The number of carbonyl (C=O) groups is 2. The first kappa shape index (κ1) is 17.7. The molecule has 1 fully saturated rings. The van der Waals surface area contributed by atoms with E-state index >= 15 is 0 Å². The summed E-state index contributed by atoms with van der Waals surface area (Å²) in [5.74, 6) is -0.953. The van der Waals surface area contributed by atoms with Gasteiger partial charge < -0.3 is 9.88 Å². The van der Waals surface area contributed by atoms with E-state index in [9.17, 15) is 9.59 Å². The number of Topliss-reactive ketones (excluding diaryl/α,β-unsaturated/α-hetero) is 1. The highest BCUT2D eigenvalue weighted by Gasteiger charge is 2.26. The molecule has 1 aromatic carbocycles. The second-order valence-electron chi connectivity index (χ2n) is 7.02. The summed E-state index contributed by atoms with van der Waals surface area (Å²) in [6, 6.07) is 8.32. The van der Waals surface area contributed by atoms with Crippen LogP contribution in [-0.2, 0) is 4.79 Å². The Labute approximate surface area is 149 Å². The zero-order valence-corrected chi connectivity index (χ0v) is 15.3. The lowest BCUT2D eigenvalue weighted by molar-refractivity contribution is -0.117. The summed E-state index contributed by atoms with van der Waals surface area (Å²) >= 11 is 0. The first-order valence-corrected chi connectivity index (χ1v) is 9.19. The normalized spacial score (nSPS) is 18.2. The lowest BCUT2D eigenvalue weighted by Crippen LogP contribution is -2.42. The smallest absolute Gasteiger partial charge is 0.292 e. The monoisotopic (exact) mass is 341 g/mol. The van der Waals surface area contributed by atoms with E-state index in [1.165, 1.54) is 0 Å². The number of hydrogen-bond acceptors (Lipinski definition) is 3. The molecule has 1 aliphatic heterocycles. The van der Waals surface area contributed by atoms with Gasteiger partial charge in [0, 0.05) is 35.7 Å². The summed E-state index contributed by atoms with van der Waals surface area (Å²) in [4.78, 5) is 27.5. The highest BCUT2D eigenvalue weighted by Crippen LogP contribution is 2.25. The Hall–Kier alpha value is -2.14. The Morgan fingerprint density at radius 3 is 2.76 bits per heavy atom. The van der Waals surface area contributed by atoms with E-state index in [0.717, 1.165) is 36.8 Å². The molecule has 1 atom stereocenters. The zero-order valence-electron chi connectivity index (χ0n) is 15.3. The molecule has 1 amide bonds. The largest absolute Gasteiger partial charge is 0.348 e. The Kier molecular flexibility index (Phi) is 5.23. The number of carbonyl (C=O) groups excluding carboxylic acids is 2. The number of rotatable bonds is 6. The van der Waals surface area contributed by atoms with E-state index in [1.807, 2.05) is 35.0 Å². The van der Waals surface area contributed by atoms with Crippen molar-refractivity contribution in [3.63, 3.8) is 0 Å². The first-order chi connectivity index (χ1) is 12.0. The van der Waals surface area contributed by atoms with Crippen LogP contribution in [0.3, 0.4) is 0 Å². The zero-order chi connectivity index (χ0) is 18.0. The van der Waals surface area contributed by atoms with Crippen LogP contribution in [0.15, 0.2) is 30.5 Å². The van der Waals surface area contributed by atoms with Crippen LogP contribution in [0.25, 0.3) is 10.9 Å². The number of hydrogen-bond donors (Lipinski definition) is 1. The third-order valence-corrected chi connectivity index (χ3v) is 5.15. The molecule has 0 aliphatic carbocycles. The topological polar surface area (TPSA) is 54.3 Å². The number of likely N-dealkylation sites (N-methyl/N-ethyl adjacent to an activating group) is 1. The van der Waals surface area contributed by atoms with Crippen molar-refractivity contribution in [3.05, 3.63) is 36.0 Å². The number of likely N-dealkylation sites (tertiary alicyclic amines) is 1. The van der Waals surface area contributed by atoms with E-state index < -0.39 is 11.7 Å². The second kappa shape index (κ2) is 7.40. The number of nitrogens with zero attached hydrogens (tertiary/aromatic N) is 2. The predicted molar refractivity (Wildman–Crippen MR) is 99.9 cm³/mol. The molecule has 1 aliphatic rings. The molecule has 5 nitrogen and oxygen atoms in total. The molecule has 1 N–H and O–H groups in total. The average Bonchev–Trinajstić information content (AvgIpc) is 3.23. The highest BCUT2D eigenvalue weighted by atomic mass is 16.2. The molecule has 5 heteroatoms. The third kappa shape index (κ3) is 3.47. The molecule has 0 spiro atoms. The maximum absolute atomic E-state index is 12.7. The van der Waals surface area contributed by atoms with Crippen LogP contribution >= 0.6 is 0 Å². The van der Waals surface area contributed by atoms with Crippen LogP contribution < -0.4 is 5.32 Å². The van der Waals surface area contributed by atoms with Crippen molar-refractivity contribution >= 4 is 22.6 Å². The molecule has 25 heavy (non-hydrogen) atoms. The van der Waals surface area contributed by atoms with Crippen LogP contribution in [0.1, 0.15) is 50.0 Å².